The number of aromatic nitrogens is 4. The van der Waals surface area contributed by atoms with Crippen molar-refractivity contribution in [2.45, 2.75) is 0 Å². The first kappa shape index (κ1) is 5.02. The highest BCUT2D eigenvalue weighted by Crippen LogP contribution is 1.56. The van der Waals surface area contributed by atoms with Gasteiger partial charge in [0.2, 0.25) is 0 Å². The molecule has 44 valence electrons. The Morgan fingerprint density at radius 1 is 1.25 bits per heavy atom. The third-order valence-corrected chi connectivity index (χ3v) is 0.862. The second-order valence-electron chi connectivity index (χ2n) is 1.51. The van der Waals surface area contributed by atoms with Crippen molar-refractivity contribution in [2.75, 3.05) is 0 Å². The molecule has 0 N–H and O–H groups in total. The van der Waals surface area contributed by atoms with Crippen LogP contribution in [-0.4, -0.2) is 19.8 Å². The van der Waals surface area contributed by atoms with Gasteiger partial charge in [-0.2, -0.15) is 9.36 Å². The van der Waals surface area contributed by atoms with Crippen molar-refractivity contribution in [3.8, 4) is 0 Å². The van der Waals surface area contributed by atoms with Crippen molar-refractivity contribution in [1.82, 2.24) is 19.8 Å². The summed E-state index contributed by atoms with van der Waals surface area (Å²) < 4.78 is 2.33. The fraction of sp³-hybridized carbons (Fsp3) is 0.667. The Kier molecular flexibility index (Phi) is 0.896. The van der Waals surface area contributed by atoms with Gasteiger partial charge in [0.1, 0.15) is 0 Å². The summed E-state index contributed by atoms with van der Waals surface area (Å²) in [6, 6.07) is 0. The summed E-state index contributed by atoms with van der Waals surface area (Å²) in [7, 11) is 3.10. The molecule has 0 spiro atoms. The Bertz CT molecular complexity index is 211. The van der Waals surface area contributed by atoms with Crippen molar-refractivity contribution in [2.24, 2.45) is 14.1 Å². The monoisotopic (exact) mass is 114 g/mol. The molecule has 0 aliphatic heterocycles. The topological polar surface area (TPSA) is 52.7 Å². The lowest BCUT2D eigenvalue weighted by atomic mass is 11.1. The van der Waals surface area contributed by atoms with E-state index in [0.717, 1.165) is 0 Å². The first-order valence-corrected chi connectivity index (χ1v) is 2.15. The average molecular weight is 114 g/mol. The molecule has 0 atom stereocenters. The SMILES string of the molecule is Cn1nnn(C)c1=O. The number of hydrogen-bond acceptors (Lipinski definition) is 3. The fourth-order valence-corrected chi connectivity index (χ4v) is 0.406. The molecular formula is C3H6N4O. The summed E-state index contributed by atoms with van der Waals surface area (Å²) in [6.07, 6.45) is 0. The number of aryl methyl sites for hydroxylation is 2. The van der Waals surface area contributed by atoms with Crippen LogP contribution in [0.25, 0.3) is 0 Å². The summed E-state index contributed by atoms with van der Waals surface area (Å²) >= 11 is 0. The van der Waals surface area contributed by atoms with Crippen LogP contribution in [0.2, 0.25) is 0 Å². The highest BCUT2D eigenvalue weighted by molar-refractivity contribution is 4.49. The first-order valence-electron chi connectivity index (χ1n) is 2.15. The molecule has 1 aromatic rings. The summed E-state index contributed by atoms with van der Waals surface area (Å²) in [5.41, 5.74) is -0.204. The van der Waals surface area contributed by atoms with Gasteiger partial charge >= 0.3 is 5.69 Å². The van der Waals surface area contributed by atoms with E-state index in [1.165, 1.54) is 9.36 Å². The predicted molar refractivity (Wildman–Crippen MR) is 26.2 cm³/mol. The minimum absolute atomic E-state index is 0.204. The normalized spacial score (nSPS) is 9.75. The minimum Gasteiger partial charge on any atom is -0.244 e. The molecule has 8 heavy (non-hydrogen) atoms. The molecule has 0 unspecified atom stereocenters. The van der Waals surface area contributed by atoms with Gasteiger partial charge in [-0.15, -0.1) is 0 Å². The predicted octanol–water partition coefficient (Wildman–Crippen LogP) is -1.49. The van der Waals surface area contributed by atoms with E-state index in [9.17, 15) is 4.79 Å². The molecular weight excluding hydrogens is 108 g/mol. The van der Waals surface area contributed by atoms with Gasteiger partial charge < -0.3 is 0 Å². The summed E-state index contributed by atoms with van der Waals surface area (Å²) in [6.45, 7) is 0. The fourth-order valence-electron chi connectivity index (χ4n) is 0.406. The van der Waals surface area contributed by atoms with Gasteiger partial charge in [0.15, 0.2) is 0 Å². The summed E-state index contributed by atoms with van der Waals surface area (Å²) in [5.74, 6) is 0. The van der Waals surface area contributed by atoms with Gasteiger partial charge in [-0.25, -0.2) is 4.79 Å². The van der Waals surface area contributed by atoms with E-state index in [-0.39, 0.29) is 5.69 Å². The van der Waals surface area contributed by atoms with E-state index in [4.69, 9.17) is 0 Å². The molecule has 5 nitrogen and oxygen atoms in total. The van der Waals surface area contributed by atoms with E-state index >= 15 is 0 Å². The lowest BCUT2D eigenvalue weighted by Gasteiger charge is -1.76. The first-order chi connectivity index (χ1) is 3.72. The lowest BCUT2D eigenvalue weighted by Crippen LogP contribution is -2.20. The molecule has 1 aromatic heterocycles. The Morgan fingerprint density at radius 3 is 1.75 bits per heavy atom. The molecule has 1 heterocycles. The van der Waals surface area contributed by atoms with Crippen LogP contribution in [0.1, 0.15) is 0 Å². The second-order valence-corrected chi connectivity index (χ2v) is 1.51. The number of rotatable bonds is 0. The average Bonchev–Trinajstić information content (AvgIpc) is 1.98. The van der Waals surface area contributed by atoms with Crippen LogP contribution in [0.4, 0.5) is 0 Å². The van der Waals surface area contributed by atoms with Gasteiger partial charge in [-0.3, -0.25) is 0 Å². The zero-order valence-electron chi connectivity index (χ0n) is 4.70. The van der Waals surface area contributed by atoms with Gasteiger partial charge in [-0.1, -0.05) is 0 Å². The van der Waals surface area contributed by atoms with Gasteiger partial charge in [0.25, 0.3) is 0 Å². The molecule has 0 aliphatic rings. The third-order valence-electron chi connectivity index (χ3n) is 0.862. The molecule has 0 saturated carbocycles. The van der Waals surface area contributed by atoms with Gasteiger partial charge in [0.05, 0.1) is 0 Å². The molecule has 0 bridgehead atoms. The maximum absolute atomic E-state index is 10.6. The van der Waals surface area contributed by atoms with Crippen molar-refractivity contribution >= 4 is 0 Å². The zero-order chi connectivity index (χ0) is 6.15. The van der Waals surface area contributed by atoms with Crippen LogP contribution in [0.5, 0.6) is 0 Å². The van der Waals surface area contributed by atoms with Crippen molar-refractivity contribution in [1.29, 1.82) is 0 Å². The molecule has 0 radical (unpaired) electrons. The molecule has 0 aromatic carbocycles. The standard InChI is InChI=1S/C3H6N4O/c1-6-3(8)7(2)5-4-6/h1-2H3. The minimum atomic E-state index is -0.204. The molecule has 0 fully saturated rings. The summed E-state index contributed by atoms with van der Waals surface area (Å²) in [4.78, 5) is 10.6. The lowest BCUT2D eigenvalue weighted by molar-refractivity contribution is 0.681. The van der Waals surface area contributed by atoms with Crippen LogP contribution in [-0.2, 0) is 14.1 Å². The smallest absolute Gasteiger partial charge is 0.244 e. The molecule has 0 aliphatic carbocycles. The Labute approximate surface area is 45.5 Å². The quantitative estimate of drug-likeness (QED) is 0.413. The Hall–Kier alpha value is -1.13. The molecule has 5 heteroatoms. The highest BCUT2D eigenvalue weighted by atomic mass is 16.2. The van der Waals surface area contributed by atoms with Crippen molar-refractivity contribution in [3.63, 3.8) is 0 Å². The van der Waals surface area contributed by atoms with E-state index in [0.29, 0.717) is 0 Å². The second kappa shape index (κ2) is 1.43. The maximum atomic E-state index is 10.6. The van der Waals surface area contributed by atoms with E-state index < -0.39 is 0 Å². The van der Waals surface area contributed by atoms with E-state index in [2.05, 4.69) is 10.4 Å². The van der Waals surface area contributed by atoms with Crippen LogP contribution >= 0.6 is 0 Å². The van der Waals surface area contributed by atoms with Gasteiger partial charge in [0, 0.05) is 14.1 Å². The van der Waals surface area contributed by atoms with Crippen LogP contribution in [0.3, 0.4) is 0 Å². The largest absolute Gasteiger partial charge is 0.363 e. The molecule has 1 rings (SSSR count). The van der Waals surface area contributed by atoms with Gasteiger partial charge in [-0.05, 0) is 10.4 Å². The number of hydrogen-bond donors (Lipinski definition) is 0. The number of nitrogens with zero attached hydrogens (tertiary/aromatic N) is 4. The highest BCUT2D eigenvalue weighted by Gasteiger charge is 1.92. The molecule has 0 saturated heterocycles. The molecule has 0 amide bonds. The van der Waals surface area contributed by atoms with Crippen molar-refractivity contribution in [3.05, 3.63) is 10.5 Å². The summed E-state index contributed by atoms with van der Waals surface area (Å²) in [5, 5.41) is 6.87. The van der Waals surface area contributed by atoms with Crippen molar-refractivity contribution < 1.29 is 0 Å². The Morgan fingerprint density at radius 2 is 1.62 bits per heavy atom. The Balaban J connectivity index is 3.42. The van der Waals surface area contributed by atoms with E-state index in [1.807, 2.05) is 0 Å². The van der Waals surface area contributed by atoms with Crippen LogP contribution in [0, 0.1) is 0 Å². The zero-order valence-corrected chi connectivity index (χ0v) is 4.70. The number of tetrazole rings is 1. The maximum Gasteiger partial charge on any atom is 0.363 e. The third kappa shape index (κ3) is 0.518. The van der Waals surface area contributed by atoms with Crippen LogP contribution in [0.15, 0.2) is 4.79 Å². The van der Waals surface area contributed by atoms with E-state index in [1.54, 1.807) is 14.1 Å². The van der Waals surface area contributed by atoms with Crippen LogP contribution < -0.4 is 5.69 Å².